The van der Waals surface area contributed by atoms with E-state index in [-0.39, 0.29) is 0 Å². The molecule has 1 aliphatic heterocycles. The van der Waals surface area contributed by atoms with E-state index in [9.17, 15) is 0 Å². The van der Waals surface area contributed by atoms with Crippen LogP contribution in [0.2, 0.25) is 0 Å². The molecular formula is C14H28N2. The van der Waals surface area contributed by atoms with Gasteiger partial charge in [-0.05, 0) is 64.7 Å². The summed E-state index contributed by atoms with van der Waals surface area (Å²) in [6.45, 7) is 5.34. The van der Waals surface area contributed by atoms with Crippen LogP contribution < -0.4 is 5.32 Å². The third-order valence-electron chi connectivity index (χ3n) is 3.86. The number of likely N-dealkylation sites (tertiary alicyclic amines) is 1. The van der Waals surface area contributed by atoms with E-state index < -0.39 is 0 Å². The van der Waals surface area contributed by atoms with Gasteiger partial charge in [0.05, 0.1) is 0 Å². The normalized spacial score (nSPS) is 22.5. The van der Waals surface area contributed by atoms with Crippen molar-refractivity contribution in [2.75, 3.05) is 26.2 Å². The molecule has 1 aliphatic carbocycles. The molecule has 2 rings (SSSR count). The lowest BCUT2D eigenvalue weighted by molar-refractivity contribution is 0.224. The Morgan fingerprint density at radius 2 is 1.62 bits per heavy atom. The zero-order valence-corrected chi connectivity index (χ0v) is 10.7. The maximum absolute atomic E-state index is 3.59. The predicted octanol–water partition coefficient (Wildman–Crippen LogP) is 2.78. The van der Waals surface area contributed by atoms with Crippen LogP contribution in [0.25, 0.3) is 0 Å². The van der Waals surface area contributed by atoms with Crippen LogP contribution in [0.15, 0.2) is 0 Å². The molecule has 0 aromatic rings. The molecule has 1 heterocycles. The molecule has 0 bridgehead atoms. The van der Waals surface area contributed by atoms with Gasteiger partial charge in [0.15, 0.2) is 0 Å². The van der Waals surface area contributed by atoms with Crippen LogP contribution in [0.5, 0.6) is 0 Å². The van der Waals surface area contributed by atoms with Crippen LogP contribution in [0.3, 0.4) is 0 Å². The highest BCUT2D eigenvalue weighted by atomic mass is 15.1. The molecule has 1 saturated heterocycles. The Bertz CT molecular complexity index is 172. The molecule has 0 aromatic carbocycles. The van der Waals surface area contributed by atoms with Crippen molar-refractivity contribution in [3.8, 4) is 0 Å². The SMILES string of the molecule is C(CCCN1CCCCC1)CCNC1CC1. The van der Waals surface area contributed by atoms with Gasteiger partial charge in [-0.15, -0.1) is 0 Å². The van der Waals surface area contributed by atoms with Crippen LogP contribution in [-0.4, -0.2) is 37.1 Å². The summed E-state index contributed by atoms with van der Waals surface area (Å²) >= 11 is 0. The van der Waals surface area contributed by atoms with Crippen molar-refractivity contribution in [2.45, 2.75) is 63.8 Å². The van der Waals surface area contributed by atoms with E-state index >= 15 is 0 Å². The van der Waals surface area contributed by atoms with Gasteiger partial charge in [-0.25, -0.2) is 0 Å². The summed E-state index contributed by atoms with van der Waals surface area (Å²) < 4.78 is 0. The number of rotatable bonds is 8. The van der Waals surface area contributed by atoms with Crippen molar-refractivity contribution >= 4 is 0 Å². The summed E-state index contributed by atoms with van der Waals surface area (Å²) in [7, 11) is 0. The highest BCUT2D eigenvalue weighted by molar-refractivity contribution is 4.80. The minimum absolute atomic E-state index is 0.897. The number of hydrogen-bond acceptors (Lipinski definition) is 2. The van der Waals surface area contributed by atoms with Crippen molar-refractivity contribution in [3.63, 3.8) is 0 Å². The number of hydrogen-bond donors (Lipinski definition) is 1. The molecule has 94 valence electrons. The van der Waals surface area contributed by atoms with Gasteiger partial charge in [0.1, 0.15) is 0 Å². The lowest BCUT2D eigenvalue weighted by atomic mass is 10.1. The van der Waals surface area contributed by atoms with Gasteiger partial charge >= 0.3 is 0 Å². The van der Waals surface area contributed by atoms with Crippen molar-refractivity contribution in [2.24, 2.45) is 0 Å². The smallest absolute Gasteiger partial charge is 0.00682 e. The monoisotopic (exact) mass is 224 g/mol. The van der Waals surface area contributed by atoms with Crippen molar-refractivity contribution in [1.29, 1.82) is 0 Å². The first-order valence-corrected chi connectivity index (χ1v) is 7.41. The van der Waals surface area contributed by atoms with Gasteiger partial charge in [0.2, 0.25) is 0 Å². The van der Waals surface area contributed by atoms with Gasteiger partial charge < -0.3 is 10.2 Å². The van der Waals surface area contributed by atoms with E-state index in [2.05, 4.69) is 10.2 Å². The van der Waals surface area contributed by atoms with Gasteiger partial charge in [0, 0.05) is 6.04 Å². The Labute approximate surface area is 101 Å². The minimum Gasteiger partial charge on any atom is -0.314 e. The summed E-state index contributed by atoms with van der Waals surface area (Å²) in [5, 5.41) is 3.59. The quantitative estimate of drug-likeness (QED) is 0.638. The van der Waals surface area contributed by atoms with Gasteiger partial charge in [-0.1, -0.05) is 19.3 Å². The van der Waals surface area contributed by atoms with Gasteiger partial charge in [-0.2, -0.15) is 0 Å². The molecule has 2 fully saturated rings. The van der Waals surface area contributed by atoms with Crippen molar-refractivity contribution in [3.05, 3.63) is 0 Å². The zero-order valence-electron chi connectivity index (χ0n) is 10.7. The Kier molecular flexibility index (Phi) is 5.64. The lowest BCUT2D eigenvalue weighted by Crippen LogP contribution is -2.30. The molecule has 0 unspecified atom stereocenters. The lowest BCUT2D eigenvalue weighted by Gasteiger charge is -2.26. The molecule has 0 radical (unpaired) electrons. The second kappa shape index (κ2) is 7.29. The van der Waals surface area contributed by atoms with Crippen LogP contribution in [0.4, 0.5) is 0 Å². The maximum atomic E-state index is 3.59. The molecule has 0 atom stereocenters. The third-order valence-corrected chi connectivity index (χ3v) is 3.86. The average Bonchev–Trinajstić information content (AvgIpc) is 3.13. The first kappa shape index (κ1) is 12.4. The second-order valence-electron chi connectivity index (χ2n) is 5.54. The number of unbranched alkanes of at least 4 members (excludes halogenated alkanes) is 3. The molecule has 1 N–H and O–H groups in total. The Balaban J connectivity index is 1.33. The fourth-order valence-corrected chi connectivity index (χ4v) is 2.59. The average molecular weight is 224 g/mol. The van der Waals surface area contributed by atoms with E-state index in [1.54, 1.807) is 0 Å². The van der Waals surface area contributed by atoms with Crippen molar-refractivity contribution in [1.82, 2.24) is 10.2 Å². The highest BCUT2D eigenvalue weighted by Crippen LogP contribution is 2.18. The van der Waals surface area contributed by atoms with Crippen LogP contribution in [-0.2, 0) is 0 Å². The predicted molar refractivity (Wildman–Crippen MR) is 69.8 cm³/mol. The van der Waals surface area contributed by atoms with E-state index in [1.165, 1.54) is 84.0 Å². The molecule has 16 heavy (non-hydrogen) atoms. The molecule has 0 amide bonds. The number of piperidine rings is 1. The Morgan fingerprint density at radius 1 is 0.875 bits per heavy atom. The Morgan fingerprint density at radius 3 is 2.38 bits per heavy atom. The summed E-state index contributed by atoms with van der Waals surface area (Å²) in [5.41, 5.74) is 0. The highest BCUT2D eigenvalue weighted by Gasteiger charge is 2.19. The summed E-state index contributed by atoms with van der Waals surface area (Å²) in [6, 6.07) is 0.897. The van der Waals surface area contributed by atoms with E-state index in [0.29, 0.717) is 0 Å². The number of nitrogens with zero attached hydrogens (tertiary/aromatic N) is 1. The van der Waals surface area contributed by atoms with E-state index in [1.807, 2.05) is 0 Å². The van der Waals surface area contributed by atoms with E-state index in [0.717, 1.165) is 6.04 Å². The Hall–Kier alpha value is -0.0800. The molecule has 1 saturated carbocycles. The summed E-state index contributed by atoms with van der Waals surface area (Å²) in [5.74, 6) is 0. The van der Waals surface area contributed by atoms with Crippen LogP contribution in [0, 0.1) is 0 Å². The first-order valence-electron chi connectivity index (χ1n) is 7.41. The van der Waals surface area contributed by atoms with Crippen LogP contribution in [0.1, 0.15) is 57.8 Å². The maximum Gasteiger partial charge on any atom is 0.00682 e. The molecule has 2 aliphatic rings. The largest absolute Gasteiger partial charge is 0.314 e. The zero-order chi connectivity index (χ0) is 11.1. The molecule has 0 spiro atoms. The summed E-state index contributed by atoms with van der Waals surface area (Å²) in [6.07, 6.45) is 12.8. The van der Waals surface area contributed by atoms with Crippen LogP contribution >= 0.6 is 0 Å². The first-order chi connectivity index (χ1) is 7.95. The van der Waals surface area contributed by atoms with Crippen molar-refractivity contribution < 1.29 is 0 Å². The van der Waals surface area contributed by atoms with E-state index in [4.69, 9.17) is 0 Å². The molecule has 2 nitrogen and oxygen atoms in total. The molecule has 2 heteroatoms. The minimum atomic E-state index is 0.897. The fraction of sp³-hybridized carbons (Fsp3) is 1.00. The fourth-order valence-electron chi connectivity index (χ4n) is 2.59. The van der Waals surface area contributed by atoms with Gasteiger partial charge in [-0.3, -0.25) is 0 Å². The molecule has 0 aromatic heterocycles. The number of nitrogens with one attached hydrogen (secondary N) is 1. The summed E-state index contributed by atoms with van der Waals surface area (Å²) in [4.78, 5) is 2.66. The topological polar surface area (TPSA) is 15.3 Å². The molecular weight excluding hydrogens is 196 g/mol. The standard InChI is InChI=1S/C14H28N2/c1(4-10-15-14-8-9-14)2-5-11-16-12-6-3-7-13-16/h14-15H,1-13H2. The third kappa shape index (κ3) is 5.31. The van der Waals surface area contributed by atoms with Gasteiger partial charge in [0.25, 0.3) is 0 Å². The second-order valence-corrected chi connectivity index (χ2v) is 5.54.